The minimum Gasteiger partial charge on any atom is -0.408 e. The Morgan fingerprint density at radius 3 is 3.13 bits per heavy atom. The molecule has 0 saturated carbocycles. The first-order valence-electron chi connectivity index (χ1n) is 4.55. The van der Waals surface area contributed by atoms with Crippen LogP contribution in [0.2, 0.25) is 0 Å². The number of fused-ring (bicyclic) bond motifs is 1. The van der Waals surface area contributed by atoms with Crippen LogP contribution in [0.3, 0.4) is 0 Å². The van der Waals surface area contributed by atoms with Gasteiger partial charge in [-0.25, -0.2) is 10.2 Å². The molecule has 1 heterocycles. The first-order chi connectivity index (χ1) is 7.29. The molecule has 0 aliphatic carbocycles. The molecule has 15 heavy (non-hydrogen) atoms. The Kier molecular flexibility index (Phi) is 2.82. The Labute approximate surface area is 85.4 Å². The molecule has 0 unspecified atom stereocenters. The van der Waals surface area contributed by atoms with Crippen molar-refractivity contribution in [3.63, 3.8) is 0 Å². The predicted octanol–water partition coefficient (Wildman–Crippen LogP) is -0.369. The molecule has 1 aromatic carbocycles. The van der Waals surface area contributed by atoms with E-state index in [1.165, 1.54) is 0 Å². The van der Waals surface area contributed by atoms with Gasteiger partial charge in [0.2, 0.25) is 0 Å². The average molecular weight is 208 g/mol. The highest BCUT2D eigenvalue weighted by atomic mass is 16.4. The minimum absolute atomic E-state index is 0.432. The highest BCUT2D eigenvalue weighted by Crippen LogP contribution is 2.11. The predicted molar refractivity (Wildman–Crippen MR) is 55.9 cm³/mol. The van der Waals surface area contributed by atoms with Crippen LogP contribution in [0, 0.1) is 0 Å². The van der Waals surface area contributed by atoms with E-state index in [2.05, 4.69) is 15.7 Å². The maximum atomic E-state index is 10.9. The Bertz CT molecular complexity index is 502. The molecule has 0 aliphatic heterocycles. The van der Waals surface area contributed by atoms with Gasteiger partial charge in [0, 0.05) is 6.54 Å². The topological polar surface area (TPSA) is 96.1 Å². The molecule has 0 amide bonds. The van der Waals surface area contributed by atoms with Crippen molar-refractivity contribution < 1.29 is 4.42 Å². The minimum atomic E-state index is -0.432. The van der Waals surface area contributed by atoms with Gasteiger partial charge in [-0.3, -0.25) is 16.1 Å². The third-order valence-corrected chi connectivity index (χ3v) is 2.04. The molecular weight excluding hydrogens is 196 g/mol. The molecule has 0 radical (unpaired) electrons. The van der Waals surface area contributed by atoms with Crippen molar-refractivity contribution in [2.24, 2.45) is 5.84 Å². The standard InChI is InChI=1S/C9H12N4O2/c10-12-5-11-4-6-1-2-8-7(3-6)13-9(14)15-8/h1-3,11-12H,4-5,10H2,(H,13,14). The lowest BCUT2D eigenvalue weighted by molar-refractivity contribution is 0.555. The van der Waals surface area contributed by atoms with E-state index in [-0.39, 0.29) is 0 Å². The first kappa shape index (κ1) is 9.91. The second kappa shape index (κ2) is 4.26. The zero-order chi connectivity index (χ0) is 10.7. The fraction of sp³-hybridized carbons (Fsp3) is 0.222. The lowest BCUT2D eigenvalue weighted by Gasteiger charge is -2.02. The van der Waals surface area contributed by atoms with E-state index >= 15 is 0 Å². The van der Waals surface area contributed by atoms with Crippen LogP contribution in [0.15, 0.2) is 27.4 Å². The van der Waals surface area contributed by atoms with Crippen LogP contribution in [-0.4, -0.2) is 11.7 Å². The van der Waals surface area contributed by atoms with E-state index in [0.717, 1.165) is 5.56 Å². The van der Waals surface area contributed by atoms with Gasteiger partial charge in [0.15, 0.2) is 5.58 Å². The summed E-state index contributed by atoms with van der Waals surface area (Å²) < 4.78 is 4.88. The van der Waals surface area contributed by atoms with Crippen molar-refractivity contribution in [3.8, 4) is 0 Å². The van der Waals surface area contributed by atoms with Gasteiger partial charge in [-0.1, -0.05) is 6.07 Å². The van der Waals surface area contributed by atoms with E-state index in [9.17, 15) is 4.79 Å². The average Bonchev–Trinajstić information content (AvgIpc) is 2.57. The SMILES string of the molecule is NNCNCc1ccc2oc(=O)[nH]c2c1. The maximum absolute atomic E-state index is 10.9. The summed E-state index contributed by atoms with van der Waals surface area (Å²) in [6.07, 6.45) is 0. The number of hydrazine groups is 1. The summed E-state index contributed by atoms with van der Waals surface area (Å²) in [6.45, 7) is 1.20. The van der Waals surface area contributed by atoms with Crippen LogP contribution in [-0.2, 0) is 6.54 Å². The Balaban J connectivity index is 2.19. The largest absolute Gasteiger partial charge is 0.417 e. The quantitative estimate of drug-likeness (QED) is 0.238. The zero-order valence-corrected chi connectivity index (χ0v) is 8.04. The molecule has 2 aromatic rings. The van der Waals surface area contributed by atoms with E-state index in [1.807, 2.05) is 12.1 Å². The number of hydrogen-bond acceptors (Lipinski definition) is 5. The second-order valence-electron chi connectivity index (χ2n) is 3.15. The number of nitrogens with one attached hydrogen (secondary N) is 3. The monoisotopic (exact) mass is 208 g/mol. The molecule has 5 N–H and O–H groups in total. The van der Waals surface area contributed by atoms with Crippen molar-refractivity contribution in [1.82, 2.24) is 15.7 Å². The van der Waals surface area contributed by atoms with Gasteiger partial charge in [0.25, 0.3) is 0 Å². The fourth-order valence-electron chi connectivity index (χ4n) is 1.39. The Morgan fingerprint density at radius 2 is 2.33 bits per heavy atom. The van der Waals surface area contributed by atoms with Gasteiger partial charge >= 0.3 is 5.76 Å². The molecule has 0 saturated heterocycles. The molecular formula is C9H12N4O2. The molecule has 2 rings (SSSR count). The Morgan fingerprint density at radius 1 is 1.47 bits per heavy atom. The highest BCUT2D eigenvalue weighted by Gasteiger charge is 2.01. The second-order valence-corrected chi connectivity index (χ2v) is 3.15. The summed E-state index contributed by atoms with van der Waals surface area (Å²) in [7, 11) is 0. The van der Waals surface area contributed by atoms with Crippen LogP contribution >= 0.6 is 0 Å². The fourth-order valence-corrected chi connectivity index (χ4v) is 1.39. The van der Waals surface area contributed by atoms with Crippen LogP contribution in [0.1, 0.15) is 5.56 Å². The van der Waals surface area contributed by atoms with Gasteiger partial charge < -0.3 is 4.42 Å². The van der Waals surface area contributed by atoms with Gasteiger partial charge in [0.1, 0.15) is 0 Å². The van der Waals surface area contributed by atoms with Crippen molar-refractivity contribution >= 4 is 11.1 Å². The van der Waals surface area contributed by atoms with Crippen molar-refractivity contribution in [2.75, 3.05) is 6.67 Å². The summed E-state index contributed by atoms with van der Waals surface area (Å²) in [5.41, 5.74) is 4.82. The van der Waals surface area contributed by atoms with Gasteiger partial charge in [-0.15, -0.1) is 0 Å². The molecule has 0 bridgehead atoms. The third kappa shape index (κ3) is 2.24. The molecule has 0 spiro atoms. The molecule has 0 fully saturated rings. The smallest absolute Gasteiger partial charge is 0.408 e. The molecule has 80 valence electrons. The lowest BCUT2D eigenvalue weighted by Crippen LogP contribution is -2.33. The highest BCUT2D eigenvalue weighted by molar-refractivity contribution is 5.72. The zero-order valence-electron chi connectivity index (χ0n) is 8.04. The number of oxazole rings is 1. The van der Waals surface area contributed by atoms with Crippen LogP contribution in [0.5, 0.6) is 0 Å². The Hall–Kier alpha value is -1.63. The molecule has 0 atom stereocenters. The van der Waals surface area contributed by atoms with E-state index in [1.54, 1.807) is 6.07 Å². The summed E-state index contributed by atoms with van der Waals surface area (Å²) in [4.78, 5) is 13.5. The summed E-state index contributed by atoms with van der Waals surface area (Å²) in [5, 5.41) is 3.06. The lowest BCUT2D eigenvalue weighted by atomic mass is 10.2. The van der Waals surface area contributed by atoms with Crippen molar-refractivity contribution in [2.45, 2.75) is 6.54 Å². The first-order valence-corrected chi connectivity index (χ1v) is 4.55. The molecule has 0 aliphatic rings. The van der Waals surface area contributed by atoms with Gasteiger partial charge in [-0.05, 0) is 17.7 Å². The number of benzene rings is 1. The van der Waals surface area contributed by atoms with Crippen LogP contribution in [0.4, 0.5) is 0 Å². The van der Waals surface area contributed by atoms with Crippen molar-refractivity contribution in [1.29, 1.82) is 0 Å². The maximum Gasteiger partial charge on any atom is 0.417 e. The number of aromatic amines is 1. The van der Waals surface area contributed by atoms with E-state index in [4.69, 9.17) is 10.3 Å². The number of aromatic nitrogens is 1. The van der Waals surface area contributed by atoms with Crippen LogP contribution in [0.25, 0.3) is 11.1 Å². The molecule has 6 heteroatoms. The van der Waals surface area contributed by atoms with E-state index in [0.29, 0.717) is 24.3 Å². The van der Waals surface area contributed by atoms with Crippen molar-refractivity contribution in [3.05, 3.63) is 34.3 Å². The normalized spacial score (nSPS) is 11.0. The number of nitrogens with two attached hydrogens (primary N) is 1. The van der Waals surface area contributed by atoms with Crippen LogP contribution < -0.4 is 22.3 Å². The van der Waals surface area contributed by atoms with E-state index < -0.39 is 5.76 Å². The van der Waals surface area contributed by atoms with Gasteiger partial charge in [0.05, 0.1) is 12.2 Å². The number of rotatable bonds is 4. The molecule has 1 aromatic heterocycles. The van der Waals surface area contributed by atoms with Gasteiger partial charge in [-0.2, -0.15) is 0 Å². The number of H-pyrrole nitrogens is 1. The summed E-state index contributed by atoms with van der Waals surface area (Å²) in [6, 6.07) is 5.52. The summed E-state index contributed by atoms with van der Waals surface area (Å²) in [5.74, 6) is 4.68. The summed E-state index contributed by atoms with van der Waals surface area (Å²) >= 11 is 0. The number of hydrogen-bond donors (Lipinski definition) is 4. The molecule has 6 nitrogen and oxygen atoms in total. The third-order valence-electron chi connectivity index (χ3n) is 2.04.